The van der Waals surface area contributed by atoms with E-state index in [0.29, 0.717) is 50.1 Å². The van der Waals surface area contributed by atoms with E-state index < -0.39 is 29.9 Å². The average molecular weight is 545 g/mol. The van der Waals surface area contributed by atoms with Crippen LogP contribution in [0.15, 0.2) is 36.5 Å². The molecule has 0 aliphatic carbocycles. The number of alkyl halides is 3. The molecule has 1 aromatic carbocycles. The van der Waals surface area contributed by atoms with Gasteiger partial charge in [0.25, 0.3) is 5.91 Å². The molecule has 0 unspecified atom stereocenters. The predicted octanol–water partition coefficient (Wildman–Crippen LogP) is 3.03. The number of hydrogen-bond acceptors (Lipinski definition) is 7. The molecule has 2 aromatic rings. The van der Waals surface area contributed by atoms with Gasteiger partial charge >= 0.3 is 12.2 Å². The summed E-state index contributed by atoms with van der Waals surface area (Å²) in [5.41, 5.74) is -0.276. The number of nitrogens with one attached hydrogen (secondary N) is 1. The first-order valence-corrected chi connectivity index (χ1v) is 12.7. The summed E-state index contributed by atoms with van der Waals surface area (Å²) in [7, 11) is 0. The number of anilines is 2. The summed E-state index contributed by atoms with van der Waals surface area (Å²) in [6.07, 6.45) is -1.88. The maximum atomic E-state index is 13.2. The molecule has 5 rings (SSSR count). The van der Waals surface area contributed by atoms with Gasteiger partial charge in [-0.2, -0.15) is 13.2 Å². The Morgan fingerprint density at radius 1 is 1.05 bits per heavy atom. The molecule has 4 heterocycles. The van der Waals surface area contributed by atoms with Gasteiger partial charge in [-0.15, -0.1) is 0 Å². The van der Waals surface area contributed by atoms with Crippen molar-refractivity contribution in [2.75, 3.05) is 29.4 Å². The Hall–Kier alpha value is -4.03. The number of piperidine rings is 2. The Kier molecular flexibility index (Phi) is 7.00. The van der Waals surface area contributed by atoms with Crippen molar-refractivity contribution in [2.45, 2.75) is 50.9 Å². The molecule has 1 aromatic heterocycles. The molecule has 0 saturated carbocycles. The Balaban J connectivity index is 1.17. The minimum absolute atomic E-state index is 0.0149. The molecule has 0 radical (unpaired) electrons. The molecule has 3 aliphatic rings. The zero-order valence-electron chi connectivity index (χ0n) is 21.1. The lowest BCUT2D eigenvalue weighted by Gasteiger charge is -2.35. The van der Waals surface area contributed by atoms with E-state index >= 15 is 0 Å². The third kappa shape index (κ3) is 5.30. The Labute approximate surface area is 222 Å². The summed E-state index contributed by atoms with van der Waals surface area (Å²) < 4.78 is 39.0. The van der Waals surface area contributed by atoms with Gasteiger partial charge in [0.2, 0.25) is 11.9 Å². The van der Waals surface area contributed by atoms with Crippen LogP contribution in [0.5, 0.6) is 0 Å². The van der Waals surface area contributed by atoms with Crippen molar-refractivity contribution in [1.82, 2.24) is 20.2 Å². The highest BCUT2D eigenvalue weighted by Crippen LogP contribution is 2.32. The van der Waals surface area contributed by atoms with E-state index in [1.807, 2.05) is 0 Å². The largest absolute Gasteiger partial charge is 0.433 e. The second-order valence-electron chi connectivity index (χ2n) is 10.0. The number of amides is 4. The van der Waals surface area contributed by atoms with Gasteiger partial charge in [-0.3, -0.25) is 14.4 Å². The third-order valence-corrected chi connectivity index (χ3v) is 7.48. The van der Waals surface area contributed by atoms with Crippen molar-refractivity contribution < 1.29 is 32.3 Å². The molecule has 13 heteroatoms. The van der Waals surface area contributed by atoms with Crippen LogP contribution in [0, 0.1) is 5.92 Å². The Bertz CT molecular complexity index is 1310. The fourth-order valence-electron chi connectivity index (χ4n) is 5.35. The number of Topliss-reactive ketones (excluding diaryl/α,β-unsaturated/α-hetero) is 1. The number of carbonyl (C=O) groups excluding carboxylic acids is 4. The highest BCUT2D eigenvalue weighted by atomic mass is 19.4. The first kappa shape index (κ1) is 26.6. The van der Waals surface area contributed by atoms with E-state index in [-0.39, 0.29) is 36.0 Å². The second-order valence-corrected chi connectivity index (χ2v) is 10.0. The molecule has 0 bridgehead atoms. The zero-order valence-corrected chi connectivity index (χ0v) is 21.1. The number of imide groups is 1. The second kappa shape index (κ2) is 10.3. The van der Waals surface area contributed by atoms with E-state index in [1.54, 1.807) is 23.1 Å². The van der Waals surface area contributed by atoms with Gasteiger partial charge < -0.3 is 15.1 Å². The lowest BCUT2D eigenvalue weighted by Crippen LogP contribution is -2.51. The number of aromatic nitrogens is 2. The first-order chi connectivity index (χ1) is 18.5. The normalized spacial score (nSPS) is 22.2. The van der Waals surface area contributed by atoms with Crippen molar-refractivity contribution in [1.29, 1.82) is 0 Å². The number of ketones is 1. The number of benzene rings is 1. The van der Waals surface area contributed by atoms with Crippen LogP contribution < -0.4 is 15.1 Å². The molecular formula is C26H27F3N6O4. The molecule has 3 saturated heterocycles. The van der Waals surface area contributed by atoms with Gasteiger partial charge in [0, 0.05) is 43.4 Å². The topological polar surface area (TPSA) is 116 Å². The number of halogens is 3. The van der Waals surface area contributed by atoms with E-state index in [9.17, 15) is 32.3 Å². The smallest absolute Gasteiger partial charge is 0.353 e. The van der Waals surface area contributed by atoms with Gasteiger partial charge in [-0.1, -0.05) is 12.1 Å². The summed E-state index contributed by atoms with van der Waals surface area (Å²) in [4.78, 5) is 62.8. The SMILES string of the molecule is CC(=O)c1cccc(N2C(=O)[C@@H]3C[C@@H](NC(=O)C4CCN(c5nccc(C(F)(F)F)n5)CC4)CCN3C2=O)c1. The molecular weight excluding hydrogens is 517 g/mol. The molecule has 3 aliphatic heterocycles. The molecule has 206 valence electrons. The minimum atomic E-state index is -4.56. The van der Waals surface area contributed by atoms with Crippen LogP contribution in [0.4, 0.5) is 29.6 Å². The van der Waals surface area contributed by atoms with E-state index in [2.05, 4.69) is 15.3 Å². The fourth-order valence-corrected chi connectivity index (χ4v) is 5.35. The minimum Gasteiger partial charge on any atom is -0.353 e. The highest BCUT2D eigenvalue weighted by Gasteiger charge is 2.49. The first-order valence-electron chi connectivity index (χ1n) is 12.7. The molecule has 4 amide bonds. The van der Waals surface area contributed by atoms with Crippen LogP contribution in [0.3, 0.4) is 0 Å². The van der Waals surface area contributed by atoms with Crippen molar-refractivity contribution in [2.24, 2.45) is 5.92 Å². The number of urea groups is 1. The lowest BCUT2D eigenvalue weighted by molar-refractivity contribution is -0.141. The van der Waals surface area contributed by atoms with E-state index in [4.69, 9.17) is 0 Å². The van der Waals surface area contributed by atoms with Crippen LogP contribution in [0.25, 0.3) is 0 Å². The lowest BCUT2D eigenvalue weighted by atomic mass is 9.93. The van der Waals surface area contributed by atoms with Crippen LogP contribution in [0.1, 0.15) is 48.7 Å². The molecule has 1 N–H and O–H groups in total. The maximum Gasteiger partial charge on any atom is 0.433 e. The molecule has 3 fully saturated rings. The standard InChI is InChI=1S/C26H27F3N6O4/c1-15(36)17-3-2-4-19(13-17)35-23(38)20-14-18(8-12-34(20)25(35)39)31-22(37)16-6-10-33(11-7-16)24-30-9-5-21(32-24)26(27,28)29/h2-5,9,13,16,18,20H,6-8,10-12,14H2,1H3,(H,31,37)/t18-,20-/m0/s1. The summed E-state index contributed by atoms with van der Waals surface area (Å²) in [6, 6.07) is 5.73. The van der Waals surface area contributed by atoms with E-state index in [0.717, 1.165) is 17.2 Å². The number of hydrogen-bond donors (Lipinski definition) is 1. The van der Waals surface area contributed by atoms with Gasteiger partial charge in [0.15, 0.2) is 5.78 Å². The van der Waals surface area contributed by atoms with Gasteiger partial charge in [0.05, 0.1) is 5.69 Å². The summed E-state index contributed by atoms with van der Waals surface area (Å²) in [5.74, 6) is -1.10. The van der Waals surface area contributed by atoms with Crippen LogP contribution >= 0.6 is 0 Å². The van der Waals surface area contributed by atoms with Crippen molar-refractivity contribution >= 4 is 35.3 Å². The molecule has 0 spiro atoms. The quantitative estimate of drug-likeness (QED) is 0.455. The number of carbonyl (C=O) groups is 4. The van der Waals surface area contributed by atoms with Crippen LogP contribution in [-0.4, -0.2) is 70.2 Å². The van der Waals surface area contributed by atoms with Crippen LogP contribution in [-0.2, 0) is 15.8 Å². The number of fused-ring (bicyclic) bond motifs is 1. The van der Waals surface area contributed by atoms with Gasteiger partial charge in [-0.05, 0) is 50.8 Å². The summed E-state index contributed by atoms with van der Waals surface area (Å²) >= 11 is 0. The molecule has 10 nitrogen and oxygen atoms in total. The van der Waals surface area contributed by atoms with Crippen molar-refractivity contribution in [3.8, 4) is 0 Å². The predicted molar refractivity (Wildman–Crippen MR) is 133 cm³/mol. The van der Waals surface area contributed by atoms with Crippen LogP contribution in [0.2, 0.25) is 0 Å². The summed E-state index contributed by atoms with van der Waals surface area (Å²) in [5, 5.41) is 3.01. The van der Waals surface area contributed by atoms with E-state index in [1.165, 1.54) is 17.9 Å². The van der Waals surface area contributed by atoms with Crippen molar-refractivity contribution in [3.05, 3.63) is 47.8 Å². The summed E-state index contributed by atoms with van der Waals surface area (Å²) in [6.45, 7) is 2.38. The number of nitrogens with zero attached hydrogens (tertiary/aromatic N) is 5. The average Bonchev–Trinajstić information content (AvgIpc) is 3.17. The third-order valence-electron chi connectivity index (χ3n) is 7.48. The Morgan fingerprint density at radius 2 is 1.79 bits per heavy atom. The monoisotopic (exact) mass is 544 g/mol. The fraction of sp³-hybridized carbons (Fsp3) is 0.462. The molecule has 2 atom stereocenters. The number of rotatable bonds is 5. The van der Waals surface area contributed by atoms with Gasteiger partial charge in [-0.25, -0.2) is 19.7 Å². The van der Waals surface area contributed by atoms with Gasteiger partial charge in [0.1, 0.15) is 11.7 Å². The molecule has 39 heavy (non-hydrogen) atoms. The maximum absolute atomic E-state index is 13.2. The zero-order chi connectivity index (χ0) is 27.9. The van der Waals surface area contributed by atoms with Crippen molar-refractivity contribution in [3.63, 3.8) is 0 Å². The Morgan fingerprint density at radius 3 is 2.49 bits per heavy atom. The highest BCUT2D eigenvalue weighted by molar-refractivity contribution is 6.21.